The molecule has 0 saturated heterocycles. The summed E-state index contributed by atoms with van der Waals surface area (Å²) < 4.78 is 39.6. The molecule has 5 nitrogen and oxygen atoms in total. The number of hydrogen-bond acceptors (Lipinski definition) is 4. The molecule has 20 heavy (non-hydrogen) atoms. The van der Waals surface area contributed by atoms with Crippen molar-refractivity contribution in [1.82, 2.24) is 9.97 Å². The molecule has 1 N–H and O–H groups in total. The Morgan fingerprint density at radius 1 is 1.20 bits per heavy atom. The maximum absolute atomic E-state index is 13.0. The highest BCUT2D eigenvalue weighted by Gasteiger charge is 2.21. The van der Waals surface area contributed by atoms with E-state index in [0.29, 0.717) is 0 Å². The van der Waals surface area contributed by atoms with Crippen LogP contribution in [0.5, 0.6) is 0 Å². The van der Waals surface area contributed by atoms with Crippen molar-refractivity contribution in [3.05, 3.63) is 45.1 Å². The Bertz CT molecular complexity index is 753. The number of rotatable bonds is 3. The Kier molecular flexibility index (Phi) is 4.48. The van der Waals surface area contributed by atoms with Crippen LogP contribution in [0.3, 0.4) is 0 Å². The Balaban J connectivity index is 2.46. The molecule has 0 aliphatic rings. The van der Waals surface area contributed by atoms with Crippen LogP contribution in [0.15, 0.2) is 33.9 Å². The molecule has 0 saturated carbocycles. The third-order valence-electron chi connectivity index (χ3n) is 2.17. The number of hydrogen-bond donors (Lipinski definition) is 1. The van der Waals surface area contributed by atoms with Crippen LogP contribution in [0.1, 0.15) is 0 Å². The van der Waals surface area contributed by atoms with E-state index in [-0.39, 0.29) is 25.4 Å². The maximum atomic E-state index is 13.0. The number of anilines is 1. The van der Waals surface area contributed by atoms with E-state index in [2.05, 4.69) is 30.6 Å². The molecular formula is C10H5BrCl2FN3O2S. The lowest BCUT2D eigenvalue weighted by molar-refractivity contribution is 0.599. The van der Waals surface area contributed by atoms with Crippen LogP contribution >= 0.6 is 39.1 Å². The Hall–Kier alpha value is -0.960. The van der Waals surface area contributed by atoms with E-state index in [1.165, 1.54) is 0 Å². The first-order chi connectivity index (χ1) is 9.31. The van der Waals surface area contributed by atoms with Crippen LogP contribution in [0, 0.1) is 5.82 Å². The maximum Gasteiger partial charge on any atom is 0.263 e. The number of benzene rings is 1. The van der Waals surface area contributed by atoms with Crippen LogP contribution in [0.2, 0.25) is 10.3 Å². The summed E-state index contributed by atoms with van der Waals surface area (Å²) in [4.78, 5) is 7.08. The second-order valence-corrected chi connectivity index (χ2v) is 6.73. The van der Waals surface area contributed by atoms with Crippen LogP contribution in [0.4, 0.5) is 10.1 Å². The number of sulfonamides is 1. The van der Waals surface area contributed by atoms with Crippen LogP contribution < -0.4 is 4.72 Å². The summed E-state index contributed by atoms with van der Waals surface area (Å²) in [6.07, 6.45) is 1.09. The van der Waals surface area contributed by atoms with Gasteiger partial charge in [0.05, 0.1) is 0 Å². The summed E-state index contributed by atoms with van der Waals surface area (Å²) in [5.74, 6) is -0.574. The largest absolute Gasteiger partial charge is 0.274 e. The van der Waals surface area contributed by atoms with Crippen LogP contribution in [0.25, 0.3) is 0 Å². The van der Waals surface area contributed by atoms with Gasteiger partial charge in [-0.2, -0.15) is 0 Å². The van der Waals surface area contributed by atoms with Gasteiger partial charge in [0.15, 0.2) is 10.3 Å². The molecule has 0 amide bonds. The summed E-state index contributed by atoms with van der Waals surface area (Å²) >= 11 is 14.5. The smallest absolute Gasteiger partial charge is 0.263 e. The van der Waals surface area contributed by atoms with Gasteiger partial charge < -0.3 is 0 Å². The van der Waals surface area contributed by atoms with E-state index in [9.17, 15) is 12.8 Å². The summed E-state index contributed by atoms with van der Waals surface area (Å²) in [6, 6.07) is 3.15. The summed E-state index contributed by atoms with van der Waals surface area (Å²) in [6.45, 7) is 0. The fourth-order valence-electron chi connectivity index (χ4n) is 1.31. The van der Waals surface area contributed by atoms with Crippen molar-refractivity contribution in [2.24, 2.45) is 0 Å². The number of aromatic nitrogens is 2. The average Bonchev–Trinajstić information content (AvgIpc) is 2.33. The van der Waals surface area contributed by atoms with E-state index >= 15 is 0 Å². The van der Waals surface area contributed by atoms with Crippen LogP contribution in [-0.4, -0.2) is 18.4 Å². The highest BCUT2D eigenvalue weighted by Crippen LogP contribution is 2.30. The van der Waals surface area contributed by atoms with Gasteiger partial charge in [-0.3, -0.25) is 4.72 Å². The average molecular weight is 401 g/mol. The lowest BCUT2D eigenvalue weighted by Gasteiger charge is -2.11. The number of halogens is 4. The zero-order valence-corrected chi connectivity index (χ0v) is 13.4. The summed E-state index contributed by atoms with van der Waals surface area (Å²) in [5.41, 5.74) is -0.146. The predicted octanol–water partition coefficient (Wildman–Crippen LogP) is 3.49. The minimum Gasteiger partial charge on any atom is -0.274 e. The van der Waals surface area contributed by atoms with Gasteiger partial charge in [0, 0.05) is 4.47 Å². The first-order valence-corrected chi connectivity index (χ1v) is 7.98. The van der Waals surface area contributed by atoms with Crippen molar-refractivity contribution in [3.63, 3.8) is 0 Å². The fourth-order valence-corrected chi connectivity index (χ4v) is 3.96. The van der Waals surface area contributed by atoms with Gasteiger partial charge in [-0.15, -0.1) is 0 Å². The number of nitrogens with one attached hydrogen (secondary N) is 1. The van der Waals surface area contributed by atoms with Gasteiger partial charge in [-0.25, -0.2) is 22.8 Å². The standard InChI is InChI=1S/C10H5BrCl2FN3O2S/c11-6-3-5(14)1-2-7(6)20(18,19)17-8-9(12)15-4-16-10(8)13/h1-4,17H. The molecule has 0 aliphatic heterocycles. The molecule has 1 aromatic heterocycles. The van der Waals surface area contributed by atoms with Gasteiger partial charge in [0.25, 0.3) is 10.0 Å². The van der Waals surface area contributed by atoms with E-state index in [1.54, 1.807) is 0 Å². The molecule has 0 atom stereocenters. The molecule has 0 aliphatic carbocycles. The van der Waals surface area contributed by atoms with Crippen LogP contribution in [-0.2, 0) is 10.0 Å². The normalized spacial score (nSPS) is 11.4. The molecule has 0 radical (unpaired) electrons. The van der Waals surface area contributed by atoms with Gasteiger partial charge in [0.2, 0.25) is 0 Å². The fraction of sp³-hybridized carbons (Fsp3) is 0. The molecule has 0 unspecified atom stereocenters. The molecule has 106 valence electrons. The molecule has 0 spiro atoms. The minimum absolute atomic E-state index is 0.0640. The zero-order chi connectivity index (χ0) is 14.9. The summed E-state index contributed by atoms with van der Waals surface area (Å²) in [5, 5.41) is -0.293. The molecule has 2 rings (SSSR count). The first kappa shape index (κ1) is 15.4. The van der Waals surface area contributed by atoms with Gasteiger partial charge in [0.1, 0.15) is 22.7 Å². The van der Waals surface area contributed by atoms with E-state index < -0.39 is 15.8 Å². The topological polar surface area (TPSA) is 72.0 Å². The lowest BCUT2D eigenvalue weighted by Crippen LogP contribution is -2.15. The lowest BCUT2D eigenvalue weighted by atomic mass is 10.3. The van der Waals surface area contributed by atoms with E-state index in [4.69, 9.17) is 23.2 Å². The van der Waals surface area contributed by atoms with Gasteiger partial charge in [-0.05, 0) is 34.1 Å². The third-order valence-corrected chi connectivity index (χ3v) is 5.07. The second kappa shape index (κ2) is 5.80. The molecule has 0 bridgehead atoms. The van der Waals surface area contributed by atoms with E-state index in [0.717, 1.165) is 24.5 Å². The Morgan fingerprint density at radius 3 is 2.35 bits per heavy atom. The quantitative estimate of drug-likeness (QED) is 0.800. The van der Waals surface area contributed by atoms with Gasteiger partial charge in [-0.1, -0.05) is 23.2 Å². The molecule has 0 fully saturated rings. The second-order valence-electron chi connectivity index (χ2n) is 3.51. The molecule has 1 aromatic carbocycles. The van der Waals surface area contributed by atoms with Crippen molar-refractivity contribution >= 4 is 54.8 Å². The highest BCUT2D eigenvalue weighted by atomic mass is 79.9. The minimum atomic E-state index is -4.02. The third kappa shape index (κ3) is 3.20. The Labute approximate surface area is 132 Å². The van der Waals surface area contributed by atoms with Gasteiger partial charge >= 0.3 is 0 Å². The van der Waals surface area contributed by atoms with Crippen molar-refractivity contribution < 1.29 is 12.8 Å². The highest BCUT2D eigenvalue weighted by molar-refractivity contribution is 9.10. The monoisotopic (exact) mass is 399 g/mol. The van der Waals surface area contributed by atoms with Crippen molar-refractivity contribution in [2.75, 3.05) is 4.72 Å². The number of nitrogens with zero attached hydrogens (tertiary/aromatic N) is 2. The van der Waals surface area contributed by atoms with Crippen molar-refractivity contribution in [3.8, 4) is 0 Å². The zero-order valence-electron chi connectivity index (χ0n) is 9.44. The summed E-state index contributed by atoms with van der Waals surface area (Å²) in [7, 11) is -4.02. The molecular weight excluding hydrogens is 396 g/mol. The van der Waals surface area contributed by atoms with Crippen molar-refractivity contribution in [2.45, 2.75) is 4.90 Å². The first-order valence-electron chi connectivity index (χ1n) is 4.95. The van der Waals surface area contributed by atoms with Crippen molar-refractivity contribution in [1.29, 1.82) is 0 Å². The SMILES string of the molecule is O=S(=O)(Nc1c(Cl)ncnc1Cl)c1ccc(F)cc1Br. The molecule has 10 heteroatoms. The van der Waals surface area contributed by atoms with E-state index in [1.807, 2.05) is 0 Å². The molecule has 1 heterocycles. The predicted molar refractivity (Wildman–Crippen MR) is 77.0 cm³/mol. The molecule has 2 aromatic rings. The Morgan fingerprint density at radius 2 is 1.80 bits per heavy atom.